The molecule has 9 N–H and O–H groups in total. The van der Waals surface area contributed by atoms with Gasteiger partial charge in [-0.3, -0.25) is 66.3 Å². The molecular formula is C75H76Cl3F3N18O18P2. The molecule has 9 aromatic rings. The number of aromatic nitrogens is 9. The first kappa shape index (κ1) is 85.7. The molecule has 6 aliphatic rings. The van der Waals surface area contributed by atoms with Crippen LogP contribution in [-0.2, 0) is 70.3 Å². The minimum Gasteiger partial charge on any atom is -0.481 e. The van der Waals surface area contributed by atoms with Gasteiger partial charge in [0.1, 0.15) is 65.8 Å². The summed E-state index contributed by atoms with van der Waals surface area (Å²) < 4.78 is 98.0. The fourth-order valence-electron chi connectivity index (χ4n) is 11.8. The number of nitrogens with one attached hydrogen (secondary N) is 6. The van der Waals surface area contributed by atoms with E-state index < -0.39 is 118 Å². The number of carboxylic acid groups (broad SMARTS) is 1. The van der Waals surface area contributed by atoms with Gasteiger partial charge in [0.2, 0.25) is 17.7 Å². The molecule has 6 aromatic heterocycles. The van der Waals surface area contributed by atoms with E-state index in [-0.39, 0.29) is 83.4 Å². The number of hydrogen-bond donors (Lipinski definition) is 9. The monoisotopic (exact) mass is 1740 g/mol. The highest BCUT2D eigenvalue weighted by atomic mass is 35.5. The zero-order chi connectivity index (χ0) is 85.3. The SMILES string of the molecule is CC(C)(C)OP(=O)(OCN1C(=O)C/C(=C\c2cnn3c(NC4CC4)cc(Nc4cc(Cl)ccc4F)nc23)C1=O)OC(C)(C)C.O=C(O)CCC(=O)OCN1C(=O)C/C(=C\c2cnn3c(NC4CC4)cc(Nc4cc(Cl)ccc4F)nc23)C1=O.O=C1C/C(=C\c2cnn3c(NC4CC4)cc(Nc4cc(Cl)ccc4F)nc23)C(=O)N1COP(=O)(O)O. The molecule has 0 radical (unpaired) electrons. The number of phosphoric acid groups is 2. The minimum atomic E-state index is -4.87. The number of likely N-dealkylation sites (tertiary alicyclic amines) is 3. The molecule has 15 rings (SSSR count). The molecule has 0 bridgehead atoms. The number of ether oxygens (including phenoxy) is 1. The summed E-state index contributed by atoms with van der Waals surface area (Å²) >= 11 is 18.1. The number of benzene rings is 3. The van der Waals surface area contributed by atoms with Gasteiger partial charge in [-0.2, -0.15) is 28.8 Å². The van der Waals surface area contributed by atoms with Gasteiger partial charge < -0.3 is 51.5 Å². The molecule has 3 saturated carbocycles. The standard InChI is InChI=1S/C29H35ClFN6O6P.C25H22ClFN6O6.C21H19ClFN6O6P/c1-28(2,3)42-44(40,43-29(4,5)6)41-16-36-25(38)12-17(27(36)39)11-18-15-32-37-24(33-20-8-9-20)14-23(35-26(18)37)34-22-13-19(30)7-10-21(22)31;26-15-1-4-17(27)18(9-15)30-19-10-20(29-16-2-3-16)33-24(31-19)14(11-28-33)7-13-8-21(34)32(25(13)38)12-39-23(37)6-5-22(35)36;22-13-1-4-15(23)16(7-13)26-17-8-18(25-14-2-3-14)29-20(27-17)12(9-24-29)5-11-6-19(30)28(21(11)31)10-35-36(32,33)34/h7,10-11,13-15,20,33H,8-9,12,16H2,1-6H3,(H,34,35);1,4,7,9-11,16,29H,2-3,5-6,8,12H2,(H,30,31)(H,35,36);1,4-5,7-9,14,25H,2-3,6,10H2,(H,26,27)(H2,32,33,34)/b17-11+;13-7+;11-5+. The van der Waals surface area contributed by atoms with E-state index in [2.05, 4.69) is 66.7 Å². The lowest BCUT2D eigenvalue weighted by molar-refractivity contribution is -0.157. The van der Waals surface area contributed by atoms with Crippen LogP contribution in [0.4, 0.5) is 65.1 Å². The van der Waals surface area contributed by atoms with Gasteiger partial charge in [-0.05, 0) is 153 Å². The first-order chi connectivity index (χ1) is 56.2. The Hall–Kier alpha value is -11.2. The van der Waals surface area contributed by atoms with Gasteiger partial charge in [-0.1, -0.05) is 34.8 Å². The van der Waals surface area contributed by atoms with Gasteiger partial charge in [0.05, 0.1) is 79.0 Å². The maximum Gasteiger partial charge on any atom is 0.477 e. The van der Waals surface area contributed by atoms with Crippen LogP contribution in [0.1, 0.15) is 129 Å². The Morgan fingerprint density at radius 2 is 0.815 bits per heavy atom. The van der Waals surface area contributed by atoms with E-state index in [0.29, 0.717) is 82.7 Å². The van der Waals surface area contributed by atoms with Crippen LogP contribution in [0.2, 0.25) is 15.1 Å². The number of carboxylic acids is 1. The molecule has 0 unspecified atom stereocenters. The van der Waals surface area contributed by atoms with Crippen molar-refractivity contribution in [3.63, 3.8) is 0 Å². The molecule has 6 fully saturated rings. The van der Waals surface area contributed by atoms with Crippen LogP contribution in [0, 0.1) is 17.5 Å². The molecular weight excluding hydrogens is 1670 g/mol. The zero-order valence-electron chi connectivity index (χ0n) is 64.0. The molecule has 44 heteroatoms. The van der Waals surface area contributed by atoms with E-state index in [0.717, 1.165) is 48.3 Å². The smallest absolute Gasteiger partial charge is 0.477 e. The van der Waals surface area contributed by atoms with Crippen LogP contribution in [0.5, 0.6) is 0 Å². The van der Waals surface area contributed by atoms with Crippen molar-refractivity contribution < 1.29 is 98.4 Å². The minimum absolute atomic E-state index is 0.0713. The maximum atomic E-state index is 14.5. The lowest BCUT2D eigenvalue weighted by Crippen LogP contribution is -2.33. The molecule has 6 amide bonds. The van der Waals surface area contributed by atoms with Gasteiger partial charge in [0.15, 0.2) is 23.7 Å². The van der Waals surface area contributed by atoms with Crippen molar-refractivity contribution in [1.82, 2.24) is 58.5 Å². The van der Waals surface area contributed by atoms with Gasteiger partial charge >= 0.3 is 27.6 Å². The summed E-state index contributed by atoms with van der Waals surface area (Å²) in [4.78, 5) is 132. The third-order valence-electron chi connectivity index (χ3n) is 17.7. The first-order valence-electron chi connectivity index (χ1n) is 36.8. The third-order valence-corrected chi connectivity index (χ3v) is 20.8. The number of imide groups is 3. The van der Waals surface area contributed by atoms with Crippen molar-refractivity contribution >= 4 is 185 Å². The summed E-state index contributed by atoms with van der Waals surface area (Å²) in [6.07, 6.45) is 13.3. The average Bonchev–Trinajstić information content (AvgIpc) is 1.64. The fraction of sp³-hybridized carbons (Fsp3) is 0.333. The number of carbonyl (C=O) groups excluding carboxylic acids is 7. The van der Waals surface area contributed by atoms with Crippen LogP contribution in [0.25, 0.3) is 35.2 Å². The van der Waals surface area contributed by atoms with Crippen LogP contribution in [0.3, 0.4) is 0 Å². The van der Waals surface area contributed by atoms with Crippen molar-refractivity contribution in [2.24, 2.45) is 0 Å². The largest absolute Gasteiger partial charge is 0.481 e. The molecule has 0 spiro atoms. The second kappa shape index (κ2) is 35.0. The summed E-state index contributed by atoms with van der Waals surface area (Å²) in [7, 11) is -9.04. The maximum absolute atomic E-state index is 14.5. The summed E-state index contributed by atoms with van der Waals surface area (Å²) in [5, 5.41) is 41.7. The zero-order valence-corrected chi connectivity index (χ0v) is 68.1. The normalized spacial score (nSPS) is 17.0. The number of anilines is 9. The Kier molecular flexibility index (Phi) is 25.2. The molecule has 626 valence electrons. The van der Waals surface area contributed by atoms with E-state index in [1.54, 1.807) is 68.8 Å². The van der Waals surface area contributed by atoms with Crippen molar-refractivity contribution in [3.05, 3.63) is 157 Å². The Bertz CT molecular complexity index is 5780. The van der Waals surface area contributed by atoms with Crippen molar-refractivity contribution in [2.45, 2.75) is 141 Å². The van der Waals surface area contributed by atoms with E-state index in [1.165, 1.54) is 95.9 Å². The Morgan fingerprint density at radius 1 is 0.496 bits per heavy atom. The number of hydrogen-bond acceptors (Lipinski definition) is 27. The highest BCUT2D eigenvalue weighted by Gasteiger charge is 2.43. The van der Waals surface area contributed by atoms with Gasteiger partial charge in [-0.25, -0.2) is 42.2 Å². The second-order valence-corrected chi connectivity index (χ2v) is 34.0. The Morgan fingerprint density at radius 3 is 1.12 bits per heavy atom. The third kappa shape index (κ3) is 22.2. The van der Waals surface area contributed by atoms with Crippen LogP contribution < -0.4 is 31.9 Å². The van der Waals surface area contributed by atoms with Crippen LogP contribution in [0.15, 0.2) is 108 Å². The lowest BCUT2D eigenvalue weighted by atomic mass is 10.1. The molecule has 3 saturated heterocycles. The number of rotatable bonds is 28. The van der Waals surface area contributed by atoms with Crippen LogP contribution in [-0.4, -0.2) is 170 Å². The van der Waals surface area contributed by atoms with Gasteiger partial charge in [-0.15, -0.1) is 0 Å². The van der Waals surface area contributed by atoms with Crippen LogP contribution >= 0.6 is 50.4 Å². The summed E-state index contributed by atoms with van der Waals surface area (Å²) in [5.41, 5.74) is 1.29. The number of amides is 6. The molecule has 3 aliphatic carbocycles. The van der Waals surface area contributed by atoms with Crippen molar-refractivity contribution in [1.29, 1.82) is 0 Å². The highest BCUT2D eigenvalue weighted by Crippen LogP contribution is 2.56. The number of phosphoric ester groups is 2. The summed E-state index contributed by atoms with van der Waals surface area (Å²) in [6.45, 7) is 7.99. The van der Waals surface area contributed by atoms with Crippen molar-refractivity contribution in [2.75, 3.05) is 52.1 Å². The second-order valence-electron chi connectivity index (χ2n) is 29.9. The summed E-state index contributed by atoms with van der Waals surface area (Å²) in [5.74, 6) is -4.67. The summed E-state index contributed by atoms with van der Waals surface area (Å²) in [6, 6.07) is 18.2. The van der Waals surface area contributed by atoms with E-state index in [1.807, 2.05) is 0 Å². The highest BCUT2D eigenvalue weighted by molar-refractivity contribution is 7.48. The molecule has 9 heterocycles. The lowest BCUT2D eigenvalue weighted by Gasteiger charge is -2.31. The molecule has 0 atom stereocenters. The Balaban J connectivity index is 0.000000155. The number of nitrogens with zero attached hydrogens (tertiary/aromatic N) is 12. The molecule has 36 nitrogen and oxygen atoms in total. The number of esters is 1. The molecule has 119 heavy (non-hydrogen) atoms. The molecule has 3 aliphatic heterocycles. The Labute approximate surface area is 689 Å². The van der Waals surface area contributed by atoms with E-state index in [9.17, 15) is 60.7 Å². The first-order valence-corrected chi connectivity index (χ1v) is 40.9. The van der Waals surface area contributed by atoms with Gasteiger partial charge in [0, 0.05) is 84.8 Å². The number of carbonyl (C=O) groups is 8. The average molecular weight is 1740 g/mol. The number of halogens is 6. The van der Waals surface area contributed by atoms with E-state index in [4.69, 9.17) is 68.0 Å². The van der Waals surface area contributed by atoms with Gasteiger partial charge in [0.25, 0.3) is 17.7 Å². The van der Waals surface area contributed by atoms with Crippen molar-refractivity contribution in [3.8, 4) is 0 Å². The predicted molar refractivity (Wildman–Crippen MR) is 427 cm³/mol. The predicted octanol–water partition coefficient (Wildman–Crippen LogP) is 13.1. The number of fused-ring (bicyclic) bond motifs is 3. The number of aliphatic carboxylic acids is 1. The van der Waals surface area contributed by atoms with E-state index >= 15 is 0 Å². The fourth-order valence-corrected chi connectivity index (χ4v) is 14.3. The quantitative estimate of drug-likeness (QED) is 0.00951. The molecule has 3 aromatic carbocycles. The topological polar surface area (TPSA) is 450 Å².